The minimum atomic E-state index is -0.462. The topological polar surface area (TPSA) is 46.5 Å². The maximum absolute atomic E-state index is 12.4. The number of benzene rings is 3. The molecule has 0 aliphatic heterocycles. The van der Waals surface area contributed by atoms with Crippen LogP contribution in [0.15, 0.2) is 90.3 Å². The molecule has 5 rings (SSSR count). The van der Waals surface area contributed by atoms with Crippen molar-refractivity contribution in [2.45, 2.75) is 50.5 Å². The van der Waals surface area contributed by atoms with E-state index in [1.165, 1.54) is 5.56 Å². The van der Waals surface area contributed by atoms with E-state index in [1.807, 2.05) is 13.0 Å². The van der Waals surface area contributed by atoms with E-state index in [-0.39, 0.29) is 5.97 Å². The van der Waals surface area contributed by atoms with Crippen molar-refractivity contribution in [3.8, 4) is 21.6 Å². The van der Waals surface area contributed by atoms with Crippen LogP contribution in [0.5, 0.6) is 0 Å². The first-order valence-corrected chi connectivity index (χ1v) is 13.7. The highest BCUT2D eigenvalue weighted by Crippen LogP contribution is 2.49. The lowest BCUT2D eigenvalue weighted by Crippen LogP contribution is -2.23. The van der Waals surface area contributed by atoms with Crippen molar-refractivity contribution in [3.05, 3.63) is 107 Å². The Balaban J connectivity index is 1.25. The fourth-order valence-electron chi connectivity index (χ4n) is 4.92. The molecule has 0 bridgehead atoms. The predicted molar refractivity (Wildman–Crippen MR) is 147 cm³/mol. The van der Waals surface area contributed by atoms with Gasteiger partial charge in [-0.1, -0.05) is 78.9 Å². The number of ether oxygens (including phenoxy) is 1. The summed E-state index contributed by atoms with van der Waals surface area (Å²) >= 11 is 1.68. The molecule has 3 nitrogen and oxygen atoms in total. The molecule has 0 saturated heterocycles. The molecule has 1 heterocycles. The van der Waals surface area contributed by atoms with Crippen LogP contribution in [0.2, 0.25) is 0 Å². The van der Waals surface area contributed by atoms with Gasteiger partial charge in [0.25, 0.3) is 0 Å². The molecule has 1 aliphatic rings. The van der Waals surface area contributed by atoms with Crippen molar-refractivity contribution in [2.24, 2.45) is 0 Å². The molecule has 0 radical (unpaired) electrons. The van der Waals surface area contributed by atoms with Crippen LogP contribution in [0.3, 0.4) is 0 Å². The van der Waals surface area contributed by atoms with Gasteiger partial charge in [0.05, 0.1) is 18.1 Å². The first-order valence-electron chi connectivity index (χ1n) is 12.8. The number of aryl methyl sites for hydroxylation is 1. The van der Waals surface area contributed by atoms with Crippen molar-refractivity contribution >= 4 is 17.3 Å². The highest BCUT2D eigenvalue weighted by Gasteiger charge is 2.52. The molecular formula is C32H32O3S. The fourth-order valence-corrected chi connectivity index (χ4v) is 5.88. The standard InChI is InChI=1S/C32H32O3S/c1-2-35-31(34)32(20-21-32)27-17-15-25(16-18-27)24-11-13-26(14-12-24)30-28(19-22-36-30)29(33)10-6-9-23-7-4-3-5-8-23/h3-5,7-8,11-19,22,29,33H,2,6,9-10,20-21H2,1H3. The number of carbonyl (C=O) groups excluding carboxylic acids is 1. The first-order chi connectivity index (χ1) is 17.6. The van der Waals surface area contributed by atoms with Gasteiger partial charge in [0.15, 0.2) is 0 Å². The molecule has 4 heteroatoms. The van der Waals surface area contributed by atoms with E-state index in [2.05, 4.69) is 84.2 Å². The molecule has 0 amide bonds. The average molecular weight is 497 g/mol. The lowest BCUT2D eigenvalue weighted by molar-refractivity contribution is -0.146. The molecule has 4 aromatic rings. The van der Waals surface area contributed by atoms with E-state index in [0.717, 1.165) is 64.8 Å². The van der Waals surface area contributed by atoms with Crippen LogP contribution in [-0.2, 0) is 21.4 Å². The fraction of sp³-hybridized carbons (Fsp3) is 0.281. The zero-order valence-corrected chi connectivity index (χ0v) is 21.5. The highest BCUT2D eigenvalue weighted by atomic mass is 32.1. The van der Waals surface area contributed by atoms with Gasteiger partial charge in [0.1, 0.15) is 0 Å². The summed E-state index contributed by atoms with van der Waals surface area (Å²) in [4.78, 5) is 13.5. The SMILES string of the molecule is CCOC(=O)C1(c2ccc(-c3ccc(-c4sccc4C(O)CCCc4ccccc4)cc3)cc2)CC1. The van der Waals surface area contributed by atoms with Crippen LogP contribution in [0.25, 0.3) is 21.6 Å². The first kappa shape index (κ1) is 24.5. The Kier molecular flexibility index (Phi) is 7.35. The number of hydrogen-bond acceptors (Lipinski definition) is 4. The Labute approximate surface area is 217 Å². The summed E-state index contributed by atoms with van der Waals surface area (Å²) in [5, 5.41) is 13.0. The molecule has 36 heavy (non-hydrogen) atoms. The minimum Gasteiger partial charge on any atom is -0.465 e. The van der Waals surface area contributed by atoms with Crippen LogP contribution in [0.4, 0.5) is 0 Å². The number of esters is 1. The monoisotopic (exact) mass is 496 g/mol. The Bertz CT molecular complexity index is 1290. The number of rotatable bonds is 10. The number of aliphatic hydroxyl groups is 1. The van der Waals surface area contributed by atoms with Crippen LogP contribution in [0.1, 0.15) is 55.4 Å². The minimum absolute atomic E-state index is 0.101. The summed E-state index contributed by atoms with van der Waals surface area (Å²) in [5.41, 5.74) is 6.32. The summed E-state index contributed by atoms with van der Waals surface area (Å²) in [6, 6.07) is 29.3. The quantitative estimate of drug-likeness (QED) is 0.229. The number of aliphatic hydroxyl groups excluding tert-OH is 1. The molecule has 1 atom stereocenters. The zero-order chi connectivity index (χ0) is 25.0. The summed E-state index contributed by atoms with van der Waals surface area (Å²) in [6.45, 7) is 2.27. The number of carbonyl (C=O) groups is 1. The molecule has 1 N–H and O–H groups in total. The molecule has 1 aromatic heterocycles. The molecule has 1 unspecified atom stereocenters. The smallest absolute Gasteiger partial charge is 0.316 e. The average Bonchev–Trinajstić information content (AvgIpc) is 3.59. The Hall–Kier alpha value is -3.21. The van der Waals surface area contributed by atoms with Gasteiger partial charge < -0.3 is 9.84 Å². The molecule has 1 fully saturated rings. The lowest BCUT2D eigenvalue weighted by Gasteiger charge is -2.15. The van der Waals surface area contributed by atoms with Gasteiger partial charge in [-0.3, -0.25) is 4.79 Å². The van der Waals surface area contributed by atoms with Gasteiger partial charge in [-0.25, -0.2) is 0 Å². The Morgan fingerprint density at radius 1 is 0.917 bits per heavy atom. The maximum atomic E-state index is 12.4. The van der Waals surface area contributed by atoms with Crippen molar-refractivity contribution < 1.29 is 14.6 Å². The third-order valence-electron chi connectivity index (χ3n) is 7.17. The van der Waals surface area contributed by atoms with Crippen LogP contribution in [0, 0.1) is 0 Å². The molecule has 3 aromatic carbocycles. The predicted octanol–water partition coefficient (Wildman–Crippen LogP) is 7.73. The third kappa shape index (κ3) is 5.16. The summed E-state index contributed by atoms with van der Waals surface area (Å²) in [5.74, 6) is -0.101. The number of hydrogen-bond donors (Lipinski definition) is 1. The van der Waals surface area contributed by atoms with Crippen LogP contribution >= 0.6 is 11.3 Å². The summed E-state index contributed by atoms with van der Waals surface area (Å²) in [6.07, 6.45) is 3.94. The van der Waals surface area contributed by atoms with E-state index < -0.39 is 11.5 Å². The second kappa shape index (κ2) is 10.8. The van der Waals surface area contributed by atoms with Gasteiger partial charge in [-0.2, -0.15) is 0 Å². The van der Waals surface area contributed by atoms with Gasteiger partial charge >= 0.3 is 5.97 Å². The number of thiophene rings is 1. The summed E-state index contributed by atoms with van der Waals surface area (Å²) < 4.78 is 5.30. The van der Waals surface area contributed by atoms with Gasteiger partial charge in [0, 0.05) is 4.88 Å². The molecular weight excluding hydrogens is 464 g/mol. The normalized spacial score (nSPS) is 14.8. The molecule has 1 aliphatic carbocycles. The third-order valence-corrected chi connectivity index (χ3v) is 8.15. The van der Waals surface area contributed by atoms with Crippen molar-refractivity contribution in [2.75, 3.05) is 6.61 Å². The van der Waals surface area contributed by atoms with Gasteiger partial charge in [-0.15, -0.1) is 11.3 Å². The zero-order valence-electron chi connectivity index (χ0n) is 20.7. The molecule has 184 valence electrons. The van der Waals surface area contributed by atoms with Crippen molar-refractivity contribution in [1.29, 1.82) is 0 Å². The second-order valence-electron chi connectivity index (χ2n) is 9.56. The van der Waals surface area contributed by atoms with E-state index in [1.54, 1.807) is 11.3 Å². The summed E-state index contributed by atoms with van der Waals surface area (Å²) in [7, 11) is 0. The van der Waals surface area contributed by atoms with Crippen LogP contribution in [-0.4, -0.2) is 17.7 Å². The van der Waals surface area contributed by atoms with E-state index >= 15 is 0 Å². The van der Waals surface area contributed by atoms with Crippen molar-refractivity contribution in [3.63, 3.8) is 0 Å². The maximum Gasteiger partial charge on any atom is 0.316 e. The van der Waals surface area contributed by atoms with Crippen LogP contribution < -0.4 is 0 Å². The van der Waals surface area contributed by atoms with Gasteiger partial charge in [-0.05, 0) is 83.9 Å². The van der Waals surface area contributed by atoms with Crippen molar-refractivity contribution in [1.82, 2.24) is 0 Å². The van der Waals surface area contributed by atoms with E-state index in [4.69, 9.17) is 4.74 Å². The Morgan fingerprint density at radius 3 is 2.19 bits per heavy atom. The molecule has 1 saturated carbocycles. The van der Waals surface area contributed by atoms with Gasteiger partial charge in [0.2, 0.25) is 0 Å². The van der Waals surface area contributed by atoms with E-state index in [0.29, 0.717) is 6.61 Å². The lowest BCUT2D eigenvalue weighted by atomic mass is 9.93. The highest BCUT2D eigenvalue weighted by molar-refractivity contribution is 7.13. The Morgan fingerprint density at radius 2 is 1.56 bits per heavy atom. The second-order valence-corrected chi connectivity index (χ2v) is 10.5. The molecule has 0 spiro atoms. The van der Waals surface area contributed by atoms with E-state index in [9.17, 15) is 9.90 Å². The largest absolute Gasteiger partial charge is 0.465 e.